The molecule has 1 rings (SSSR count). The van der Waals surface area contributed by atoms with Gasteiger partial charge in [-0.3, -0.25) is 4.79 Å². The number of ether oxygens (including phenoxy) is 1. The summed E-state index contributed by atoms with van der Waals surface area (Å²) in [5.74, 6) is 5.44. The van der Waals surface area contributed by atoms with E-state index in [1.165, 1.54) is 0 Å². The van der Waals surface area contributed by atoms with Gasteiger partial charge < -0.3 is 15.4 Å². The van der Waals surface area contributed by atoms with Gasteiger partial charge in [-0.05, 0) is 32.9 Å². The van der Waals surface area contributed by atoms with Crippen molar-refractivity contribution in [1.29, 1.82) is 5.26 Å². The Balaban J connectivity index is 2.73. The fourth-order valence-electron chi connectivity index (χ4n) is 1.80. The summed E-state index contributed by atoms with van der Waals surface area (Å²) < 4.78 is 5.18. The number of carbonyl (C=O) groups is 2. The lowest BCUT2D eigenvalue weighted by atomic mass is 10.1. The molecule has 0 radical (unpaired) electrons. The second kappa shape index (κ2) is 10.00. The number of nitriles is 1. The highest BCUT2D eigenvalue weighted by molar-refractivity contribution is 5.86. The molecule has 0 aliphatic heterocycles. The van der Waals surface area contributed by atoms with Crippen molar-refractivity contribution in [3.05, 3.63) is 35.9 Å². The molecule has 25 heavy (non-hydrogen) atoms. The lowest BCUT2D eigenvalue weighted by molar-refractivity contribution is -0.123. The first-order chi connectivity index (χ1) is 11.8. The number of amides is 2. The lowest BCUT2D eigenvalue weighted by Gasteiger charge is -2.22. The van der Waals surface area contributed by atoms with Crippen LogP contribution in [0, 0.1) is 23.2 Å². The van der Waals surface area contributed by atoms with E-state index in [0.717, 1.165) is 5.56 Å². The summed E-state index contributed by atoms with van der Waals surface area (Å²) in [4.78, 5) is 24.1. The molecule has 2 amide bonds. The van der Waals surface area contributed by atoms with Crippen molar-refractivity contribution in [3.63, 3.8) is 0 Å². The molecule has 0 fully saturated rings. The first kappa shape index (κ1) is 20.1. The molecule has 2 N–H and O–H groups in total. The van der Waals surface area contributed by atoms with Gasteiger partial charge >= 0.3 is 6.09 Å². The molecule has 0 saturated carbocycles. The molecule has 0 aliphatic carbocycles. The summed E-state index contributed by atoms with van der Waals surface area (Å²) in [6, 6.07) is 10.4. The van der Waals surface area contributed by atoms with E-state index in [1.807, 2.05) is 36.4 Å². The molecule has 0 spiro atoms. The van der Waals surface area contributed by atoms with Crippen molar-refractivity contribution >= 4 is 12.0 Å². The van der Waals surface area contributed by atoms with Crippen LogP contribution in [0.3, 0.4) is 0 Å². The average molecular weight is 341 g/mol. The summed E-state index contributed by atoms with van der Waals surface area (Å²) >= 11 is 0. The van der Waals surface area contributed by atoms with Gasteiger partial charge in [0.2, 0.25) is 5.91 Å². The van der Waals surface area contributed by atoms with Gasteiger partial charge in [-0.2, -0.15) is 5.26 Å². The average Bonchev–Trinajstić information content (AvgIpc) is 2.53. The third-order valence-electron chi connectivity index (χ3n) is 2.86. The first-order valence-corrected chi connectivity index (χ1v) is 8.00. The number of hydrogen-bond donors (Lipinski definition) is 2. The largest absolute Gasteiger partial charge is 0.444 e. The monoisotopic (exact) mass is 341 g/mol. The Morgan fingerprint density at radius 2 is 1.92 bits per heavy atom. The minimum atomic E-state index is -0.857. The summed E-state index contributed by atoms with van der Waals surface area (Å²) in [5.41, 5.74) is 0.158. The number of hydrogen-bond acceptors (Lipinski definition) is 4. The second-order valence-corrected chi connectivity index (χ2v) is 6.27. The maximum Gasteiger partial charge on any atom is 0.408 e. The van der Waals surface area contributed by atoms with E-state index in [4.69, 9.17) is 10.00 Å². The van der Waals surface area contributed by atoms with Crippen LogP contribution in [0.2, 0.25) is 0 Å². The highest BCUT2D eigenvalue weighted by atomic mass is 16.6. The number of nitrogens with one attached hydrogen (secondary N) is 2. The number of rotatable bonds is 5. The van der Waals surface area contributed by atoms with Crippen molar-refractivity contribution in [3.8, 4) is 17.9 Å². The van der Waals surface area contributed by atoms with E-state index >= 15 is 0 Å². The van der Waals surface area contributed by atoms with Crippen LogP contribution in [0.1, 0.15) is 39.2 Å². The minimum Gasteiger partial charge on any atom is -0.444 e. The Hall–Kier alpha value is -2.99. The van der Waals surface area contributed by atoms with Crippen molar-refractivity contribution in [2.75, 3.05) is 6.54 Å². The zero-order valence-electron chi connectivity index (χ0n) is 14.8. The lowest BCUT2D eigenvalue weighted by Crippen LogP contribution is -2.48. The molecule has 1 unspecified atom stereocenters. The van der Waals surface area contributed by atoms with Crippen LogP contribution >= 0.6 is 0 Å². The smallest absolute Gasteiger partial charge is 0.408 e. The van der Waals surface area contributed by atoms with Crippen LogP contribution in [0.5, 0.6) is 0 Å². The molecule has 0 aromatic heterocycles. The van der Waals surface area contributed by atoms with Gasteiger partial charge in [-0.15, -0.1) is 0 Å². The van der Waals surface area contributed by atoms with E-state index in [2.05, 4.69) is 22.5 Å². The Labute approximate surface area is 148 Å². The molecule has 6 nitrogen and oxygen atoms in total. The molecule has 0 bridgehead atoms. The predicted octanol–water partition coefficient (Wildman–Crippen LogP) is 2.35. The Morgan fingerprint density at radius 3 is 2.52 bits per heavy atom. The van der Waals surface area contributed by atoms with Gasteiger partial charge in [0.15, 0.2) is 0 Å². The first-order valence-electron chi connectivity index (χ1n) is 8.00. The van der Waals surface area contributed by atoms with Crippen LogP contribution < -0.4 is 10.6 Å². The van der Waals surface area contributed by atoms with Crippen molar-refractivity contribution in [2.24, 2.45) is 0 Å². The summed E-state index contributed by atoms with van der Waals surface area (Å²) in [6.07, 6.45) is -0.359. The number of carbonyl (C=O) groups excluding carboxylic acids is 2. The van der Waals surface area contributed by atoms with Crippen LogP contribution in [0.15, 0.2) is 30.3 Å². The minimum absolute atomic E-state index is 0.131. The van der Waals surface area contributed by atoms with Crippen molar-refractivity contribution < 1.29 is 14.3 Å². The molecule has 1 atom stereocenters. The standard InChI is InChI=1S/C19H23N3O3/c1-19(2,3)25-18(24)22-16(17(23)21-14-8-13-20)12-7-11-15-9-5-4-6-10-15/h4-6,9-10,16H,8,12,14H2,1-3H3,(H,21,23)(H,22,24). The van der Waals surface area contributed by atoms with Gasteiger partial charge in [0.1, 0.15) is 11.6 Å². The highest BCUT2D eigenvalue weighted by Gasteiger charge is 2.23. The van der Waals surface area contributed by atoms with E-state index in [-0.39, 0.29) is 19.4 Å². The topological polar surface area (TPSA) is 91.2 Å². The molecular formula is C19H23N3O3. The van der Waals surface area contributed by atoms with E-state index in [0.29, 0.717) is 0 Å². The SMILES string of the molecule is CC(C)(C)OC(=O)NC(CC#Cc1ccccc1)C(=O)NCCC#N. The van der Waals surface area contributed by atoms with Crippen LogP contribution in [-0.2, 0) is 9.53 Å². The van der Waals surface area contributed by atoms with Gasteiger partial charge in [0.25, 0.3) is 0 Å². The molecule has 0 aliphatic rings. The molecule has 0 saturated heterocycles. The Kier molecular flexibility index (Phi) is 8.02. The summed E-state index contributed by atoms with van der Waals surface area (Å²) in [6.45, 7) is 5.44. The maximum atomic E-state index is 12.2. The zero-order chi connectivity index (χ0) is 18.7. The zero-order valence-corrected chi connectivity index (χ0v) is 14.8. The van der Waals surface area contributed by atoms with E-state index in [1.54, 1.807) is 20.8 Å². The predicted molar refractivity (Wildman–Crippen MR) is 94.3 cm³/mol. The molecule has 132 valence electrons. The van der Waals surface area contributed by atoms with Gasteiger partial charge in [0, 0.05) is 18.5 Å². The highest BCUT2D eigenvalue weighted by Crippen LogP contribution is 2.07. The maximum absolute atomic E-state index is 12.2. The van der Waals surface area contributed by atoms with Gasteiger partial charge in [0.05, 0.1) is 12.5 Å². The van der Waals surface area contributed by atoms with Crippen molar-refractivity contribution in [2.45, 2.75) is 45.3 Å². The molecule has 1 aromatic carbocycles. The van der Waals surface area contributed by atoms with Crippen LogP contribution in [0.4, 0.5) is 4.79 Å². The second-order valence-electron chi connectivity index (χ2n) is 6.27. The number of nitrogens with zero attached hydrogens (tertiary/aromatic N) is 1. The molecule has 6 heteroatoms. The fourth-order valence-corrected chi connectivity index (χ4v) is 1.80. The van der Waals surface area contributed by atoms with E-state index in [9.17, 15) is 9.59 Å². The van der Waals surface area contributed by atoms with Crippen molar-refractivity contribution in [1.82, 2.24) is 10.6 Å². The Bertz CT molecular complexity index is 676. The van der Waals surface area contributed by atoms with Crippen LogP contribution in [-0.4, -0.2) is 30.2 Å². The van der Waals surface area contributed by atoms with Gasteiger partial charge in [-0.25, -0.2) is 4.79 Å². The number of alkyl carbamates (subject to hydrolysis) is 1. The summed E-state index contributed by atoms with van der Waals surface area (Å²) in [5, 5.41) is 13.7. The third kappa shape index (κ3) is 9.02. The van der Waals surface area contributed by atoms with Gasteiger partial charge in [-0.1, -0.05) is 30.0 Å². The van der Waals surface area contributed by atoms with E-state index < -0.39 is 23.6 Å². The fraction of sp³-hybridized carbons (Fsp3) is 0.421. The van der Waals surface area contributed by atoms with Crippen LogP contribution in [0.25, 0.3) is 0 Å². The molecular weight excluding hydrogens is 318 g/mol. The normalized spacial score (nSPS) is 11.3. The third-order valence-corrected chi connectivity index (χ3v) is 2.86. The molecule has 0 heterocycles. The number of benzene rings is 1. The summed E-state index contributed by atoms with van der Waals surface area (Å²) in [7, 11) is 0. The Morgan fingerprint density at radius 1 is 1.24 bits per heavy atom. The quantitative estimate of drug-likeness (QED) is 0.635. The molecule has 1 aromatic rings.